The molecule has 8 heteroatoms. The van der Waals surface area contributed by atoms with Crippen LogP contribution in [0.1, 0.15) is 22.6 Å². The summed E-state index contributed by atoms with van der Waals surface area (Å²) in [7, 11) is 0. The highest BCUT2D eigenvalue weighted by Crippen LogP contribution is 2.26. The van der Waals surface area contributed by atoms with Crippen LogP contribution < -0.4 is 5.56 Å². The van der Waals surface area contributed by atoms with Gasteiger partial charge in [-0.3, -0.25) is 19.8 Å². The van der Waals surface area contributed by atoms with Crippen LogP contribution in [0.15, 0.2) is 23.0 Å². The van der Waals surface area contributed by atoms with E-state index in [0.29, 0.717) is 43.0 Å². The van der Waals surface area contributed by atoms with Crippen molar-refractivity contribution in [2.75, 3.05) is 6.54 Å². The Morgan fingerprint density at radius 3 is 3.00 bits per heavy atom. The maximum atomic E-state index is 11.9. The smallest absolute Gasteiger partial charge is 0.270 e. The first-order valence-corrected chi connectivity index (χ1v) is 7.21. The molecule has 0 fully saturated rings. The molecule has 2 heterocycles. The first kappa shape index (κ1) is 15.2. The van der Waals surface area contributed by atoms with Crippen LogP contribution in [0.4, 0.5) is 5.69 Å². The van der Waals surface area contributed by atoms with Crippen LogP contribution in [-0.4, -0.2) is 31.4 Å². The van der Waals surface area contributed by atoms with E-state index in [0.717, 1.165) is 5.69 Å². The van der Waals surface area contributed by atoms with Crippen molar-refractivity contribution >= 4 is 5.69 Å². The van der Waals surface area contributed by atoms with Crippen molar-refractivity contribution in [1.82, 2.24) is 14.9 Å². The Hall–Kier alpha value is -2.74. The van der Waals surface area contributed by atoms with Crippen molar-refractivity contribution in [3.8, 4) is 5.75 Å². The number of nitro groups is 1. The number of nitrogens with zero attached hydrogens (tertiary/aromatic N) is 3. The van der Waals surface area contributed by atoms with Crippen molar-refractivity contribution in [2.45, 2.75) is 26.4 Å². The minimum Gasteiger partial charge on any atom is -0.508 e. The number of H-pyrrole nitrogens is 1. The zero-order valence-electron chi connectivity index (χ0n) is 12.6. The molecule has 0 radical (unpaired) electrons. The van der Waals surface area contributed by atoms with E-state index in [4.69, 9.17) is 0 Å². The van der Waals surface area contributed by atoms with Gasteiger partial charge in [0, 0.05) is 42.9 Å². The molecule has 0 atom stereocenters. The molecule has 0 unspecified atom stereocenters. The Bertz CT molecular complexity index is 831. The van der Waals surface area contributed by atoms with Crippen molar-refractivity contribution < 1.29 is 10.0 Å². The molecule has 0 spiro atoms. The summed E-state index contributed by atoms with van der Waals surface area (Å²) < 4.78 is 0. The summed E-state index contributed by atoms with van der Waals surface area (Å²) >= 11 is 0. The molecule has 0 bridgehead atoms. The molecule has 120 valence electrons. The number of fused-ring (bicyclic) bond motifs is 1. The molecule has 1 aromatic heterocycles. The number of aromatic nitrogens is 2. The molecule has 2 N–H and O–H groups in total. The minimum atomic E-state index is -0.487. The van der Waals surface area contributed by atoms with Gasteiger partial charge in [0.2, 0.25) is 0 Å². The fourth-order valence-electron chi connectivity index (χ4n) is 2.81. The fourth-order valence-corrected chi connectivity index (χ4v) is 2.81. The number of hydrogen-bond acceptors (Lipinski definition) is 6. The lowest BCUT2D eigenvalue weighted by molar-refractivity contribution is -0.385. The zero-order valence-corrected chi connectivity index (χ0v) is 12.6. The molecule has 0 saturated heterocycles. The van der Waals surface area contributed by atoms with Crippen LogP contribution in [0.3, 0.4) is 0 Å². The zero-order chi connectivity index (χ0) is 16.6. The first-order chi connectivity index (χ1) is 10.9. The number of nitro benzene ring substituents is 1. The number of rotatable bonds is 3. The number of nitrogens with one attached hydrogen (secondary N) is 1. The van der Waals surface area contributed by atoms with E-state index >= 15 is 0 Å². The summed E-state index contributed by atoms with van der Waals surface area (Å²) in [6, 6.07) is 3.98. The van der Waals surface area contributed by atoms with Crippen molar-refractivity contribution in [1.29, 1.82) is 0 Å². The van der Waals surface area contributed by atoms with Gasteiger partial charge < -0.3 is 10.1 Å². The second kappa shape index (κ2) is 5.81. The third-order valence-corrected chi connectivity index (χ3v) is 3.94. The maximum Gasteiger partial charge on any atom is 0.270 e. The summed E-state index contributed by atoms with van der Waals surface area (Å²) in [5, 5.41) is 20.8. The predicted molar refractivity (Wildman–Crippen MR) is 82.2 cm³/mol. The highest BCUT2D eigenvalue weighted by Gasteiger charge is 2.22. The van der Waals surface area contributed by atoms with Crippen molar-refractivity contribution in [3.05, 3.63) is 61.3 Å². The number of aromatic amines is 1. The largest absolute Gasteiger partial charge is 0.508 e. The van der Waals surface area contributed by atoms with Crippen LogP contribution >= 0.6 is 0 Å². The molecule has 1 aromatic carbocycles. The maximum absolute atomic E-state index is 11.9. The third-order valence-electron chi connectivity index (χ3n) is 3.94. The Balaban J connectivity index is 1.84. The van der Waals surface area contributed by atoms with Crippen LogP contribution in [0.25, 0.3) is 0 Å². The molecular formula is C15H16N4O4. The molecular weight excluding hydrogens is 300 g/mol. The molecule has 2 aromatic rings. The normalized spacial score (nSPS) is 14.5. The molecule has 0 saturated carbocycles. The van der Waals surface area contributed by atoms with Gasteiger partial charge in [0.05, 0.1) is 10.6 Å². The van der Waals surface area contributed by atoms with Gasteiger partial charge in [-0.2, -0.15) is 0 Å². The number of hydrogen-bond donors (Lipinski definition) is 2. The number of aryl methyl sites for hydroxylation is 1. The second-order valence-electron chi connectivity index (χ2n) is 5.61. The van der Waals surface area contributed by atoms with Gasteiger partial charge in [0.25, 0.3) is 11.2 Å². The topological polar surface area (TPSA) is 112 Å². The van der Waals surface area contributed by atoms with Gasteiger partial charge in [0.15, 0.2) is 0 Å². The lowest BCUT2D eigenvalue weighted by Gasteiger charge is -2.27. The Labute approximate surface area is 131 Å². The lowest BCUT2D eigenvalue weighted by Crippen LogP contribution is -2.35. The number of aromatic hydroxyl groups is 1. The molecule has 1 aliphatic rings. The first-order valence-electron chi connectivity index (χ1n) is 7.21. The van der Waals surface area contributed by atoms with E-state index in [1.54, 1.807) is 6.92 Å². The number of phenolic OH excluding ortho intramolecular Hbond substituents is 1. The quantitative estimate of drug-likeness (QED) is 0.651. The monoisotopic (exact) mass is 316 g/mol. The fraction of sp³-hybridized carbons (Fsp3) is 0.333. The van der Waals surface area contributed by atoms with Crippen LogP contribution in [0, 0.1) is 17.0 Å². The average Bonchev–Trinajstić information content (AvgIpc) is 2.48. The van der Waals surface area contributed by atoms with Crippen molar-refractivity contribution in [3.63, 3.8) is 0 Å². The van der Waals surface area contributed by atoms with E-state index in [-0.39, 0.29) is 17.0 Å². The summed E-state index contributed by atoms with van der Waals surface area (Å²) in [4.78, 5) is 31.3. The lowest BCUT2D eigenvalue weighted by atomic mass is 10.1. The molecule has 0 amide bonds. The minimum absolute atomic E-state index is 0.0245. The van der Waals surface area contributed by atoms with E-state index < -0.39 is 4.92 Å². The van der Waals surface area contributed by atoms with Crippen LogP contribution in [0.5, 0.6) is 5.75 Å². The van der Waals surface area contributed by atoms with Crippen LogP contribution in [-0.2, 0) is 19.5 Å². The van der Waals surface area contributed by atoms with E-state index in [1.165, 1.54) is 18.2 Å². The van der Waals surface area contributed by atoms with Gasteiger partial charge >= 0.3 is 0 Å². The van der Waals surface area contributed by atoms with Gasteiger partial charge in [-0.15, -0.1) is 0 Å². The van der Waals surface area contributed by atoms with Gasteiger partial charge in [-0.05, 0) is 19.4 Å². The summed E-state index contributed by atoms with van der Waals surface area (Å²) in [6.07, 6.45) is 0.563. The van der Waals surface area contributed by atoms with Gasteiger partial charge in [-0.1, -0.05) is 0 Å². The van der Waals surface area contributed by atoms with E-state index in [2.05, 4.69) is 9.97 Å². The number of benzene rings is 1. The molecule has 23 heavy (non-hydrogen) atoms. The molecule has 0 aliphatic carbocycles. The number of phenols is 1. The predicted octanol–water partition coefficient (Wildman–Crippen LogP) is 1.25. The number of non-ortho nitro benzene ring substituents is 1. The van der Waals surface area contributed by atoms with Gasteiger partial charge in [0.1, 0.15) is 11.6 Å². The highest BCUT2D eigenvalue weighted by molar-refractivity contribution is 5.43. The van der Waals surface area contributed by atoms with Crippen LogP contribution in [0.2, 0.25) is 0 Å². The Kier molecular flexibility index (Phi) is 3.83. The molecule has 3 rings (SSSR count). The Morgan fingerprint density at radius 1 is 1.48 bits per heavy atom. The highest BCUT2D eigenvalue weighted by atomic mass is 16.6. The summed E-state index contributed by atoms with van der Waals surface area (Å²) in [5.41, 5.74) is 1.74. The summed E-state index contributed by atoms with van der Waals surface area (Å²) in [6.45, 7) is 3.19. The van der Waals surface area contributed by atoms with E-state index in [9.17, 15) is 20.0 Å². The molecule has 1 aliphatic heterocycles. The molecule has 8 nitrogen and oxygen atoms in total. The van der Waals surface area contributed by atoms with E-state index in [1.807, 2.05) is 4.90 Å². The van der Waals surface area contributed by atoms with Crippen molar-refractivity contribution in [2.24, 2.45) is 0 Å². The Morgan fingerprint density at radius 2 is 2.26 bits per heavy atom. The SMILES string of the molecule is Cc1nc2c(c(=O)[nH]1)CCN(Cc1cc([N+](=O)[O-])ccc1O)C2. The second-order valence-corrected chi connectivity index (χ2v) is 5.61. The standard InChI is InChI=1S/C15H16N4O4/c1-9-16-13-8-18(5-4-12(13)15(21)17-9)7-10-6-11(19(22)23)2-3-14(10)20/h2-3,6,20H,4-5,7-8H2,1H3,(H,16,17,21). The third kappa shape index (κ3) is 3.07. The average molecular weight is 316 g/mol. The summed E-state index contributed by atoms with van der Waals surface area (Å²) in [5.74, 6) is 0.588. The van der Waals surface area contributed by atoms with Gasteiger partial charge in [-0.25, -0.2) is 4.98 Å².